The van der Waals surface area contributed by atoms with E-state index >= 15 is 0 Å². The standard InChI is InChI=1S/C19H16N4O3/c1-2-26-19(25)23-18-21-14-8-7-11(9-15(14)22-18)17-13-6-4-3-5-12(13)16(24)10-20-17/h3-9H,2,10H2,1H3,(H2,21,22,23,25). The monoisotopic (exact) mass is 348 g/mol. The summed E-state index contributed by atoms with van der Waals surface area (Å²) in [5.74, 6) is 0.338. The number of ether oxygens (including phenoxy) is 1. The van der Waals surface area contributed by atoms with Crippen molar-refractivity contribution < 1.29 is 14.3 Å². The van der Waals surface area contributed by atoms with Crippen molar-refractivity contribution in [3.8, 4) is 0 Å². The lowest BCUT2D eigenvalue weighted by molar-refractivity contribution is 0.1000. The minimum Gasteiger partial charge on any atom is -0.450 e. The lowest BCUT2D eigenvalue weighted by atomic mass is 9.92. The molecule has 3 aromatic rings. The first-order valence-corrected chi connectivity index (χ1v) is 8.26. The van der Waals surface area contributed by atoms with Crippen LogP contribution in [0.1, 0.15) is 28.4 Å². The van der Waals surface area contributed by atoms with Gasteiger partial charge in [-0.1, -0.05) is 30.3 Å². The van der Waals surface area contributed by atoms with Crippen LogP contribution < -0.4 is 5.32 Å². The molecule has 0 aliphatic carbocycles. The molecule has 1 aliphatic rings. The van der Waals surface area contributed by atoms with Gasteiger partial charge in [0, 0.05) is 16.7 Å². The molecule has 0 atom stereocenters. The van der Waals surface area contributed by atoms with E-state index in [0.29, 0.717) is 17.0 Å². The van der Waals surface area contributed by atoms with Gasteiger partial charge in [0.05, 0.1) is 23.4 Å². The van der Waals surface area contributed by atoms with Crippen LogP contribution in [-0.4, -0.2) is 40.7 Å². The van der Waals surface area contributed by atoms with Crippen molar-refractivity contribution in [3.05, 3.63) is 59.2 Å². The van der Waals surface area contributed by atoms with Gasteiger partial charge in [-0.05, 0) is 19.1 Å². The summed E-state index contributed by atoms with van der Waals surface area (Å²) in [6, 6.07) is 13.1. The van der Waals surface area contributed by atoms with Gasteiger partial charge >= 0.3 is 6.09 Å². The van der Waals surface area contributed by atoms with Crippen LogP contribution in [0, 0.1) is 0 Å². The molecule has 0 fully saturated rings. The largest absolute Gasteiger partial charge is 0.450 e. The van der Waals surface area contributed by atoms with Crippen molar-refractivity contribution in [3.63, 3.8) is 0 Å². The van der Waals surface area contributed by atoms with Gasteiger partial charge in [-0.2, -0.15) is 0 Å². The van der Waals surface area contributed by atoms with E-state index in [2.05, 4.69) is 20.3 Å². The molecule has 2 aromatic carbocycles. The van der Waals surface area contributed by atoms with Gasteiger partial charge in [0.15, 0.2) is 5.78 Å². The zero-order valence-corrected chi connectivity index (χ0v) is 14.1. The van der Waals surface area contributed by atoms with Crippen LogP contribution in [0.4, 0.5) is 10.7 Å². The van der Waals surface area contributed by atoms with Gasteiger partial charge in [0.25, 0.3) is 0 Å². The van der Waals surface area contributed by atoms with E-state index in [4.69, 9.17) is 4.74 Å². The molecule has 7 nitrogen and oxygen atoms in total. The number of H-pyrrole nitrogens is 1. The van der Waals surface area contributed by atoms with Gasteiger partial charge in [0.2, 0.25) is 5.95 Å². The summed E-state index contributed by atoms with van der Waals surface area (Å²) in [6.45, 7) is 2.16. The number of hydrogen-bond acceptors (Lipinski definition) is 5. The summed E-state index contributed by atoms with van der Waals surface area (Å²) in [6.07, 6.45) is -0.559. The number of benzene rings is 2. The van der Waals surface area contributed by atoms with Crippen molar-refractivity contribution in [2.45, 2.75) is 6.92 Å². The smallest absolute Gasteiger partial charge is 0.413 e. The summed E-state index contributed by atoms with van der Waals surface area (Å²) in [4.78, 5) is 35.4. The number of amides is 1. The van der Waals surface area contributed by atoms with Crippen LogP contribution in [0.2, 0.25) is 0 Å². The number of hydrogen-bond donors (Lipinski definition) is 2. The SMILES string of the molecule is CCOC(=O)Nc1nc2ccc(C3=NCC(=O)c4ccccc43)cc2[nH]1. The van der Waals surface area contributed by atoms with Gasteiger partial charge < -0.3 is 9.72 Å². The van der Waals surface area contributed by atoms with Crippen LogP contribution in [0.5, 0.6) is 0 Å². The highest BCUT2D eigenvalue weighted by atomic mass is 16.5. The third-order valence-electron chi connectivity index (χ3n) is 4.11. The number of aromatic nitrogens is 2. The minimum absolute atomic E-state index is 0.0212. The van der Waals surface area contributed by atoms with E-state index in [1.165, 1.54) is 0 Å². The van der Waals surface area contributed by atoms with Gasteiger partial charge in [-0.15, -0.1) is 0 Å². The summed E-state index contributed by atoms with van der Waals surface area (Å²) in [5.41, 5.74) is 4.63. The highest BCUT2D eigenvalue weighted by Crippen LogP contribution is 2.23. The Morgan fingerprint density at radius 3 is 2.85 bits per heavy atom. The molecule has 1 aliphatic heterocycles. The third kappa shape index (κ3) is 2.83. The lowest BCUT2D eigenvalue weighted by Crippen LogP contribution is -2.19. The number of aliphatic imine (C=N–C) groups is 1. The zero-order valence-electron chi connectivity index (χ0n) is 14.1. The number of carbonyl (C=O) groups is 2. The van der Waals surface area contributed by atoms with Crippen molar-refractivity contribution >= 4 is 34.6 Å². The summed E-state index contributed by atoms with van der Waals surface area (Å²) in [5, 5.41) is 2.55. The summed E-state index contributed by atoms with van der Waals surface area (Å²) < 4.78 is 4.85. The predicted molar refractivity (Wildman–Crippen MR) is 98.0 cm³/mol. The average Bonchev–Trinajstić information content (AvgIpc) is 3.03. The summed E-state index contributed by atoms with van der Waals surface area (Å²) in [7, 11) is 0. The summed E-state index contributed by atoms with van der Waals surface area (Å²) >= 11 is 0. The number of anilines is 1. The number of aromatic amines is 1. The second kappa shape index (κ2) is 6.44. The third-order valence-corrected chi connectivity index (χ3v) is 4.11. The number of ketones is 1. The molecule has 2 N–H and O–H groups in total. The lowest BCUT2D eigenvalue weighted by Gasteiger charge is -2.16. The number of nitrogens with zero attached hydrogens (tertiary/aromatic N) is 2. The average molecular weight is 348 g/mol. The maximum Gasteiger partial charge on any atom is 0.413 e. The van der Waals surface area contributed by atoms with E-state index in [-0.39, 0.29) is 18.9 Å². The van der Waals surface area contributed by atoms with Gasteiger partial charge in [-0.3, -0.25) is 15.1 Å². The predicted octanol–water partition coefficient (Wildman–Crippen LogP) is 3.17. The van der Waals surface area contributed by atoms with Crippen LogP contribution in [-0.2, 0) is 4.74 Å². The van der Waals surface area contributed by atoms with E-state index in [9.17, 15) is 9.59 Å². The Labute approximate surface area is 149 Å². The Kier molecular flexibility index (Phi) is 3.96. The van der Waals surface area contributed by atoms with Crippen LogP contribution in [0.25, 0.3) is 11.0 Å². The number of nitrogens with one attached hydrogen (secondary N) is 2. The van der Waals surface area contributed by atoms with Crippen molar-refractivity contribution in [2.24, 2.45) is 4.99 Å². The maximum absolute atomic E-state index is 12.1. The molecule has 26 heavy (non-hydrogen) atoms. The fourth-order valence-corrected chi connectivity index (χ4v) is 2.98. The van der Waals surface area contributed by atoms with Gasteiger partial charge in [-0.25, -0.2) is 9.78 Å². The Morgan fingerprint density at radius 2 is 2.04 bits per heavy atom. The van der Waals surface area contributed by atoms with E-state index in [0.717, 1.165) is 22.4 Å². The molecule has 0 radical (unpaired) electrons. The molecular formula is C19H16N4O3. The van der Waals surface area contributed by atoms with E-state index in [1.54, 1.807) is 6.92 Å². The molecule has 0 unspecified atom stereocenters. The molecule has 130 valence electrons. The second-order valence-corrected chi connectivity index (χ2v) is 5.80. The number of Topliss-reactive ketones (excluding diaryl/α,β-unsaturated/α-hetero) is 1. The van der Waals surface area contributed by atoms with E-state index in [1.807, 2.05) is 42.5 Å². The normalized spacial score (nSPS) is 13.3. The Morgan fingerprint density at radius 1 is 1.23 bits per heavy atom. The first kappa shape index (κ1) is 16.0. The molecule has 4 rings (SSSR count). The van der Waals surface area contributed by atoms with Crippen LogP contribution in [0.3, 0.4) is 0 Å². The highest BCUT2D eigenvalue weighted by Gasteiger charge is 2.21. The molecule has 0 bridgehead atoms. The fraction of sp³-hybridized carbons (Fsp3) is 0.158. The van der Waals surface area contributed by atoms with E-state index < -0.39 is 6.09 Å². The molecule has 0 saturated heterocycles. The first-order chi connectivity index (χ1) is 12.7. The number of imidazole rings is 1. The zero-order chi connectivity index (χ0) is 18.1. The van der Waals surface area contributed by atoms with Crippen molar-refractivity contribution in [1.82, 2.24) is 9.97 Å². The highest BCUT2D eigenvalue weighted by molar-refractivity contribution is 6.22. The Balaban J connectivity index is 1.70. The number of carbonyl (C=O) groups excluding carboxylic acids is 2. The quantitative estimate of drug-likeness (QED) is 0.760. The van der Waals surface area contributed by atoms with Gasteiger partial charge in [0.1, 0.15) is 6.54 Å². The molecule has 0 saturated carbocycles. The van der Waals surface area contributed by atoms with Crippen LogP contribution in [0.15, 0.2) is 47.5 Å². The molecular weight excluding hydrogens is 332 g/mol. The maximum atomic E-state index is 12.1. The number of rotatable bonds is 3. The molecule has 1 amide bonds. The Hall–Kier alpha value is -3.48. The van der Waals surface area contributed by atoms with Crippen molar-refractivity contribution in [2.75, 3.05) is 18.5 Å². The second-order valence-electron chi connectivity index (χ2n) is 5.80. The first-order valence-electron chi connectivity index (χ1n) is 8.26. The van der Waals surface area contributed by atoms with Crippen LogP contribution >= 0.6 is 0 Å². The molecule has 1 aromatic heterocycles. The fourth-order valence-electron chi connectivity index (χ4n) is 2.98. The molecule has 2 heterocycles. The Bertz CT molecular complexity index is 1050. The molecule has 7 heteroatoms. The molecule has 0 spiro atoms. The topological polar surface area (TPSA) is 96.4 Å². The minimum atomic E-state index is -0.559. The van der Waals surface area contributed by atoms with Crippen molar-refractivity contribution in [1.29, 1.82) is 0 Å². The number of fused-ring (bicyclic) bond motifs is 2.